The van der Waals surface area contributed by atoms with Gasteiger partial charge < -0.3 is 20.5 Å². The quantitative estimate of drug-likeness (QED) is 0.440. The topological polar surface area (TPSA) is 87.7 Å². The molecule has 0 aromatic heterocycles. The van der Waals surface area contributed by atoms with Crippen LogP contribution in [-0.4, -0.2) is 36.2 Å². The normalized spacial score (nSPS) is 22.6. The standard InChI is InChI=1S/C25H28F4N2O4/c1-13(2)35-17-11-18(14-4-7-16(30-3)8-5-14)22(24(33)34)19(12-17)23(32)31-21-9-6-15(10-20(21)26)25(27,28)29/h4-10,13,17-19,22,30H,11-12H2,1-3H3,(H,31,32)(H,33,34)/t17-,18-,19-,22-/m1/s1. The zero-order valence-electron chi connectivity index (χ0n) is 19.5. The average Bonchev–Trinajstić information content (AvgIpc) is 2.78. The minimum atomic E-state index is -4.74. The van der Waals surface area contributed by atoms with Crippen LogP contribution in [0.2, 0.25) is 0 Å². The Hall–Kier alpha value is -3.14. The minimum Gasteiger partial charge on any atom is -0.481 e. The van der Waals surface area contributed by atoms with Crippen LogP contribution in [0.4, 0.5) is 28.9 Å². The summed E-state index contributed by atoms with van der Waals surface area (Å²) in [6.45, 7) is 3.65. The van der Waals surface area contributed by atoms with E-state index < -0.39 is 59.0 Å². The molecular formula is C25H28F4N2O4. The Kier molecular flexibility index (Phi) is 8.04. The predicted octanol–water partition coefficient (Wildman–Crippen LogP) is 5.51. The number of carbonyl (C=O) groups excluding carboxylic acids is 1. The molecule has 4 atom stereocenters. The molecule has 1 saturated carbocycles. The number of carbonyl (C=O) groups is 2. The number of nitrogens with one attached hydrogen (secondary N) is 2. The lowest BCUT2D eigenvalue weighted by atomic mass is 9.67. The van der Waals surface area contributed by atoms with Gasteiger partial charge in [0.25, 0.3) is 0 Å². The van der Waals surface area contributed by atoms with Crippen molar-refractivity contribution in [3.63, 3.8) is 0 Å². The molecule has 0 aliphatic heterocycles. The lowest BCUT2D eigenvalue weighted by Gasteiger charge is -2.40. The highest BCUT2D eigenvalue weighted by Gasteiger charge is 2.46. The molecule has 0 bridgehead atoms. The van der Waals surface area contributed by atoms with E-state index in [0.717, 1.165) is 11.8 Å². The summed E-state index contributed by atoms with van der Waals surface area (Å²) in [6, 6.07) is 8.95. The Labute approximate surface area is 200 Å². The molecule has 1 aliphatic carbocycles. The molecule has 0 spiro atoms. The van der Waals surface area contributed by atoms with E-state index in [4.69, 9.17) is 4.74 Å². The molecule has 35 heavy (non-hydrogen) atoms. The van der Waals surface area contributed by atoms with Crippen LogP contribution in [0.15, 0.2) is 42.5 Å². The monoisotopic (exact) mass is 496 g/mol. The number of ether oxygens (including phenoxy) is 1. The number of anilines is 2. The Balaban J connectivity index is 1.93. The molecule has 3 rings (SSSR count). The van der Waals surface area contributed by atoms with Gasteiger partial charge in [-0.05, 0) is 62.6 Å². The number of amides is 1. The lowest BCUT2D eigenvalue weighted by Crippen LogP contribution is -2.45. The minimum absolute atomic E-state index is 0.0777. The van der Waals surface area contributed by atoms with E-state index in [0.29, 0.717) is 24.1 Å². The maximum Gasteiger partial charge on any atom is 0.416 e. The van der Waals surface area contributed by atoms with E-state index in [1.54, 1.807) is 31.3 Å². The van der Waals surface area contributed by atoms with Gasteiger partial charge >= 0.3 is 12.1 Å². The first-order chi connectivity index (χ1) is 16.4. The van der Waals surface area contributed by atoms with E-state index in [2.05, 4.69) is 10.6 Å². The first-order valence-corrected chi connectivity index (χ1v) is 11.2. The van der Waals surface area contributed by atoms with Crippen LogP contribution in [0.5, 0.6) is 0 Å². The summed E-state index contributed by atoms with van der Waals surface area (Å²) >= 11 is 0. The van der Waals surface area contributed by atoms with Crippen molar-refractivity contribution in [3.8, 4) is 0 Å². The first-order valence-electron chi connectivity index (χ1n) is 11.2. The Morgan fingerprint density at radius 3 is 2.26 bits per heavy atom. The third-order valence-corrected chi connectivity index (χ3v) is 6.17. The van der Waals surface area contributed by atoms with Gasteiger partial charge in [0.05, 0.1) is 35.3 Å². The third kappa shape index (κ3) is 6.30. The summed E-state index contributed by atoms with van der Waals surface area (Å²) in [6.07, 6.45) is -4.91. The van der Waals surface area contributed by atoms with Gasteiger partial charge in [-0.25, -0.2) is 4.39 Å². The molecule has 0 unspecified atom stereocenters. The summed E-state index contributed by atoms with van der Waals surface area (Å²) in [5, 5.41) is 15.4. The molecular weight excluding hydrogens is 468 g/mol. The van der Waals surface area contributed by atoms with Crippen molar-refractivity contribution in [1.29, 1.82) is 0 Å². The predicted molar refractivity (Wildman–Crippen MR) is 123 cm³/mol. The summed E-state index contributed by atoms with van der Waals surface area (Å²) in [7, 11) is 1.75. The van der Waals surface area contributed by atoms with Gasteiger partial charge in [-0.1, -0.05) is 12.1 Å². The number of rotatable bonds is 7. The van der Waals surface area contributed by atoms with Crippen LogP contribution in [0.1, 0.15) is 43.7 Å². The number of hydrogen-bond donors (Lipinski definition) is 3. The second-order valence-corrected chi connectivity index (χ2v) is 8.91. The van der Waals surface area contributed by atoms with E-state index in [-0.39, 0.29) is 12.5 Å². The molecule has 0 heterocycles. The van der Waals surface area contributed by atoms with Gasteiger partial charge in [-0.15, -0.1) is 0 Å². The highest BCUT2D eigenvalue weighted by molar-refractivity contribution is 5.95. The van der Waals surface area contributed by atoms with Gasteiger partial charge in [-0.3, -0.25) is 9.59 Å². The molecule has 3 N–H and O–H groups in total. The number of carboxylic acid groups (broad SMARTS) is 1. The van der Waals surface area contributed by atoms with Crippen molar-refractivity contribution >= 4 is 23.3 Å². The van der Waals surface area contributed by atoms with E-state index in [1.807, 2.05) is 13.8 Å². The van der Waals surface area contributed by atoms with E-state index >= 15 is 0 Å². The van der Waals surface area contributed by atoms with Crippen LogP contribution in [0, 0.1) is 17.7 Å². The molecule has 1 fully saturated rings. The van der Waals surface area contributed by atoms with Crippen molar-refractivity contribution in [2.75, 3.05) is 17.7 Å². The Morgan fingerprint density at radius 2 is 1.74 bits per heavy atom. The molecule has 2 aromatic rings. The van der Waals surface area contributed by atoms with E-state index in [9.17, 15) is 32.3 Å². The number of benzene rings is 2. The lowest BCUT2D eigenvalue weighted by molar-refractivity contribution is -0.152. The smallest absolute Gasteiger partial charge is 0.416 e. The van der Waals surface area contributed by atoms with Crippen LogP contribution < -0.4 is 10.6 Å². The van der Waals surface area contributed by atoms with Crippen LogP contribution in [0.3, 0.4) is 0 Å². The molecule has 10 heteroatoms. The van der Waals surface area contributed by atoms with Crippen molar-refractivity contribution in [2.45, 2.75) is 51.0 Å². The fraction of sp³-hybridized carbons (Fsp3) is 0.440. The number of aliphatic carboxylic acids is 1. The first kappa shape index (κ1) is 26.5. The SMILES string of the molecule is CNc1ccc([C@H]2C[C@@H](OC(C)C)C[C@@H](C(=O)Nc3ccc(C(F)(F)F)cc3F)[C@@H]2C(=O)O)cc1. The van der Waals surface area contributed by atoms with Gasteiger partial charge in [0.1, 0.15) is 5.82 Å². The zero-order chi connectivity index (χ0) is 25.9. The molecule has 1 amide bonds. The molecule has 2 aromatic carbocycles. The van der Waals surface area contributed by atoms with E-state index in [1.165, 1.54) is 0 Å². The largest absolute Gasteiger partial charge is 0.481 e. The molecule has 190 valence electrons. The molecule has 0 radical (unpaired) electrons. The Morgan fingerprint density at radius 1 is 1.09 bits per heavy atom. The maximum absolute atomic E-state index is 14.4. The Bertz CT molecular complexity index is 1060. The summed E-state index contributed by atoms with van der Waals surface area (Å²) < 4.78 is 58.9. The van der Waals surface area contributed by atoms with Gasteiger partial charge in [-0.2, -0.15) is 13.2 Å². The number of carboxylic acids is 1. The second kappa shape index (κ2) is 10.6. The fourth-order valence-corrected chi connectivity index (χ4v) is 4.61. The highest BCUT2D eigenvalue weighted by Crippen LogP contribution is 2.44. The zero-order valence-corrected chi connectivity index (χ0v) is 19.5. The maximum atomic E-state index is 14.4. The third-order valence-electron chi connectivity index (χ3n) is 6.17. The number of hydrogen-bond acceptors (Lipinski definition) is 4. The van der Waals surface area contributed by atoms with Gasteiger partial charge in [0.15, 0.2) is 0 Å². The van der Waals surface area contributed by atoms with Gasteiger partial charge in [0, 0.05) is 18.7 Å². The number of alkyl halides is 3. The highest BCUT2D eigenvalue weighted by atomic mass is 19.4. The van der Waals surface area contributed by atoms with Crippen molar-refractivity contribution in [3.05, 3.63) is 59.4 Å². The fourth-order valence-electron chi connectivity index (χ4n) is 4.61. The van der Waals surface area contributed by atoms with Crippen LogP contribution >= 0.6 is 0 Å². The summed E-state index contributed by atoms with van der Waals surface area (Å²) in [4.78, 5) is 25.5. The van der Waals surface area contributed by atoms with Crippen LogP contribution in [-0.2, 0) is 20.5 Å². The molecule has 6 nitrogen and oxygen atoms in total. The summed E-state index contributed by atoms with van der Waals surface area (Å²) in [5.41, 5.74) is -0.0935. The second-order valence-electron chi connectivity index (χ2n) is 8.91. The number of halogens is 4. The van der Waals surface area contributed by atoms with Crippen molar-refractivity contribution < 1.29 is 37.0 Å². The van der Waals surface area contributed by atoms with Crippen molar-refractivity contribution in [1.82, 2.24) is 0 Å². The van der Waals surface area contributed by atoms with Crippen LogP contribution in [0.25, 0.3) is 0 Å². The molecule has 0 saturated heterocycles. The van der Waals surface area contributed by atoms with Gasteiger partial charge in [0.2, 0.25) is 5.91 Å². The summed E-state index contributed by atoms with van der Waals surface area (Å²) in [5.74, 6) is -6.04. The van der Waals surface area contributed by atoms with Crippen molar-refractivity contribution in [2.24, 2.45) is 11.8 Å². The molecule has 1 aliphatic rings. The average molecular weight is 497 g/mol.